The standard InChI is InChI=1S/C14H14ClFN4/c1-10(15)14-18-13-11(16)4-2-5-12(13)20(14)9-8-19-7-3-6-17-19/h2-7,10H,8-9H2,1H3. The molecule has 6 heteroatoms. The molecular formula is C14H14ClFN4. The van der Waals surface area contributed by atoms with Crippen LogP contribution in [0.2, 0.25) is 0 Å². The van der Waals surface area contributed by atoms with Gasteiger partial charge in [-0.2, -0.15) is 5.10 Å². The maximum Gasteiger partial charge on any atom is 0.151 e. The van der Waals surface area contributed by atoms with Gasteiger partial charge in [0.2, 0.25) is 0 Å². The van der Waals surface area contributed by atoms with E-state index in [1.165, 1.54) is 6.07 Å². The van der Waals surface area contributed by atoms with Gasteiger partial charge in [0, 0.05) is 18.9 Å². The van der Waals surface area contributed by atoms with E-state index in [4.69, 9.17) is 11.6 Å². The maximum absolute atomic E-state index is 13.8. The summed E-state index contributed by atoms with van der Waals surface area (Å²) in [5.74, 6) is 0.359. The van der Waals surface area contributed by atoms with E-state index < -0.39 is 0 Å². The lowest BCUT2D eigenvalue weighted by molar-refractivity contribution is 0.528. The Balaban J connectivity index is 2.02. The van der Waals surface area contributed by atoms with Gasteiger partial charge in [0.15, 0.2) is 5.82 Å². The van der Waals surface area contributed by atoms with Gasteiger partial charge in [0.05, 0.1) is 17.4 Å². The summed E-state index contributed by atoms with van der Waals surface area (Å²) in [7, 11) is 0. The lowest BCUT2D eigenvalue weighted by Gasteiger charge is -2.10. The van der Waals surface area contributed by atoms with Gasteiger partial charge < -0.3 is 4.57 Å². The van der Waals surface area contributed by atoms with E-state index in [0.717, 1.165) is 5.52 Å². The van der Waals surface area contributed by atoms with Crippen molar-refractivity contribution in [3.05, 3.63) is 48.3 Å². The lowest BCUT2D eigenvalue weighted by atomic mass is 10.3. The second kappa shape index (κ2) is 5.25. The summed E-state index contributed by atoms with van der Waals surface area (Å²) in [6.07, 6.45) is 3.63. The zero-order chi connectivity index (χ0) is 14.1. The third kappa shape index (κ3) is 2.29. The Kier molecular flexibility index (Phi) is 3.44. The van der Waals surface area contributed by atoms with Crippen LogP contribution in [0.3, 0.4) is 0 Å². The molecule has 3 aromatic rings. The highest BCUT2D eigenvalue weighted by atomic mass is 35.5. The second-order valence-electron chi connectivity index (χ2n) is 4.61. The number of rotatable bonds is 4. The van der Waals surface area contributed by atoms with Crippen molar-refractivity contribution in [2.45, 2.75) is 25.4 Å². The van der Waals surface area contributed by atoms with Gasteiger partial charge in [0.25, 0.3) is 0 Å². The fourth-order valence-corrected chi connectivity index (χ4v) is 2.47. The molecule has 0 aliphatic rings. The molecule has 20 heavy (non-hydrogen) atoms. The molecule has 1 unspecified atom stereocenters. The summed E-state index contributed by atoms with van der Waals surface area (Å²) in [5, 5.41) is 3.89. The van der Waals surface area contributed by atoms with E-state index >= 15 is 0 Å². The summed E-state index contributed by atoms with van der Waals surface area (Å²) in [5.41, 5.74) is 1.13. The van der Waals surface area contributed by atoms with Gasteiger partial charge >= 0.3 is 0 Å². The Morgan fingerprint density at radius 2 is 2.15 bits per heavy atom. The molecule has 0 amide bonds. The number of nitrogens with zero attached hydrogens (tertiary/aromatic N) is 4. The predicted molar refractivity (Wildman–Crippen MR) is 76.2 cm³/mol. The molecule has 0 radical (unpaired) electrons. The topological polar surface area (TPSA) is 35.6 Å². The number of alkyl halides is 1. The summed E-state index contributed by atoms with van der Waals surface area (Å²) in [6.45, 7) is 3.17. The highest BCUT2D eigenvalue weighted by Crippen LogP contribution is 2.26. The minimum Gasteiger partial charge on any atom is -0.325 e. The minimum atomic E-state index is -0.320. The second-order valence-corrected chi connectivity index (χ2v) is 5.27. The summed E-state index contributed by atoms with van der Waals surface area (Å²) in [4.78, 5) is 4.34. The molecule has 1 atom stereocenters. The predicted octanol–water partition coefficient (Wildman–Crippen LogP) is 3.37. The lowest BCUT2D eigenvalue weighted by Crippen LogP contribution is -2.11. The first-order valence-corrected chi connectivity index (χ1v) is 6.86. The molecule has 0 fully saturated rings. The van der Waals surface area contributed by atoms with Crippen LogP contribution in [0.1, 0.15) is 18.1 Å². The summed E-state index contributed by atoms with van der Waals surface area (Å²) in [6, 6.07) is 6.83. The number of imidazole rings is 1. The van der Waals surface area contributed by atoms with Crippen molar-refractivity contribution >= 4 is 22.6 Å². The number of aromatic nitrogens is 4. The van der Waals surface area contributed by atoms with Crippen LogP contribution in [0.5, 0.6) is 0 Å². The van der Waals surface area contributed by atoms with Crippen molar-refractivity contribution in [1.82, 2.24) is 19.3 Å². The van der Waals surface area contributed by atoms with Crippen molar-refractivity contribution in [1.29, 1.82) is 0 Å². The Morgan fingerprint density at radius 3 is 2.85 bits per heavy atom. The van der Waals surface area contributed by atoms with Gasteiger partial charge in [0.1, 0.15) is 11.3 Å². The molecule has 0 aliphatic carbocycles. The zero-order valence-electron chi connectivity index (χ0n) is 11.0. The van der Waals surface area contributed by atoms with Crippen molar-refractivity contribution in [2.75, 3.05) is 0 Å². The highest BCUT2D eigenvalue weighted by Gasteiger charge is 2.16. The van der Waals surface area contributed by atoms with Gasteiger partial charge in [-0.05, 0) is 25.1 Å². The van der Waals surface area contributed by atoms with E-state index in [-0.39, 0.29) is 11.2 Å². The smallest absolute Gasteiger partial charge is 0.151 e. The largest absolute Gasteiger partial charge is 0.325 e. The van der Waals surface area contributed by atoms with Crippen LogP contribution in [0.15, 0.2) is 36.7 Å². The third-order valence-corrected chi connectivity index (χ3v) is 3.42. The molecule has 1 aromatic carbocycles. The molecule has 0 spiro atoms. The average molecular weight is 293 g/mol. The van der Waals surface area contributed by atoms with Crippen LogP contribution in [-0.4, -0.2) is 19.3 Å². The average Bonchev–Trinajstić information content (AvgIpc) is 3.03. The number of aryl methyl sites for hydroxylation is 2. The molecule has 0 saturated heterocycles. The van der Waals surface area contributed by atoms with Crippen molar-refractivity contribution in [2.24, 2.45) is 0 Å². The van der Waals surface area contributed by atoms with E-state index in [1.54, 1.807) is 12.3 Å². The van der Waals surface area contributed by atoms with Gasteiger partial charge in [-0.25, -0.2) is 9.37 Å². The quantitative estimate of drug-likeness (QED) is 0.691. The molecule has 0 N–H and O–H groups in total. The van der Waals surface area contributed by atoms with E-state index in [1.807, 2.05) is 34.5 Å². The molecular weight excluding hydrogens is 279 g/mol. The number of hydrogen-bond donors (Lipinski definition) is 0. The van der Waals surface area contributed by atoms with Gasteiger partial charge in [-0.3, -0.25) is 4.68 Å². The molecule has 2 aromatic heterocycles. The van der Waals surface area contributed by atoms with E-state index in [2.05, 4.69) is 10.1 Å². The Hall–Kier alpha value is -1.88. The first-order chi connectivity index (χ1) is 9.66. The molecule has 2 heterocycles. The maximum atomic E-state index is 13.8. The van der Waals surface area contributed by atoms with Crippen LogP contribution in [0.25, 0.3) is 11.0 Å². The number of fused-ring (bicyclic) bond motifs is 1. The van der Waals surface area contributed by atoms with E-state index in [0.29, 0.717) is 24.4 Å². The number of benzene rings is 1. The number of halogens is 2. The molecule has 0 aliphatic heterocycles. The molecule has 0 saturated carbocycles. The zero-order valence-corrected chi connectivity index (χ0v) is 11.8. The summed E-state index contributed by atoms with van der Waals surface area (Å²) >= 11 is 6.16. The molecule has 3 rings (SSSR count). The van der Waals surface area contributed by atoms with Crippen LogP contribution >= 0.6 is 11.6 Å². The first-order valence-electron chi connectivity index (χ1n) is 6.43. The van der Waals surface area contributed by atoms with Crippen LogP contribution in [-0.2, 0) is 13.1 Å². The minimum absolute atomic E-state index is 0.278. The van der Waals surface area contributed by atoms with Gasteiger partial charge in [-0.15, -0.1) is 11.6 Å². The SMILES string of the molecule is CC(Cl)c1nc2c(F)cccc2n1CCn1cccn1. The highest BCUT2D eigenvalue weighted by molar-refractivity contribution is 6.20. The van der Waals surface area contributed by atoms with E-state index in [9.17, 15) is 4.39 Å². The third-order valence-electron chi connectivity index (χ3n) is 3.23. The van der Waals surface area contributed by atoms with Crippen LogP contribution < -0.4 is 0 Å². The number of para-hydroxylation sites is 1. The van der Waals surface area contributed by atoms with Crippen LogP contribution in [0, 0.1) is 5.82 Å². The Labute approximate surface area is 120 Å². The van der Waals surface area contributed by atoms with Crippen molar-refractivity contribution in [3.8, 4) is 0 Å². The van der Waals surface area contributed by atoms with Crippen molar-refractivity contribution < 1.29 is 4.39 Å². The monoisotopic (exact) mass is 292 g/mol. The van der Waals surface area contributed by atoms with Gasteiger partial charge in [-0.1, -0.05) is 6.07 Å². The molecule has 0 bridgehead atoms. The molecule has 104 valence electrons. The van der Waals surface area contributed by atoms with Crippen LogP contribution in [0.4, 0.5) is 4.39 Å². The normalized spacial score (nSPS) is 12.9. The Morgan fingerprint density at radius 1 is 1.30 bits per heavy atom. The fraction of sp³-hybridized carbons (Fsp3) is 0.286. The van der Waals surface area contributed by atoms with Crippen molar-refractivity contribution in [3.63, 3.8) is 0 Å². The summed E-state index contributed by atoms with van der Waals surface area (Å²) < 4.78 is 17.6. The Bertz CT molecular complexity index is 718. The molecule has 4 nitrogen and oxygen atoms in total. The number of hydrogen-bond acceptors (Lipinski definition) is 2. The fourth-order valence-electron chi connectivity index (χ4n) is 2.30. The first kappa shape index (κ1) is 13.1.